The van der Waals surface area contributed by atoms with E-state index in [1.165, 1.54) is 5.56 Å². The summed E-state index contributed by atoms with van der Waals surface area (Å²) < 4.78 is 2.78. The summed E-state index contributed by atoms with van der Waals surface area (Å²) in [7, 11) is 0. The highest BCUT2D eigenvalue weighted by molar-refractivity contribution is 9.10. The van der Waals surface area contributed by atoms with Crippen molar-refractivity contribution in [3.8, 4) is 11.1 Å². The van der Waals surface area contributed by atoms with E-state index < -0.39 is 0 Å². The molecular formula is C21H18BrN3OS. The van der Waals surface area contributed by atoms with Crippen molar-refractivity contribution in [3.05, 3.63) is 81.2 Å². The molecule has 0 aliphatic rings. The zero-order valence-corrected chi connectivity index (χ0v) is 17.2. The number of H-pyrrole nitrogens is 1. The van der Waals surface area contributed by atoms with Crippen LogP contribution in [0.3, 0.4) is 0 Å². The van der Waals surface area contributed by atoms with Gasteiger partial charge in [-0.05, 0) is 30.2 Å². The molecule has 0 atom stereocenters. The normalized spacial score (nSPS) is 11.2. The molecule has 2 aromatic heterocycles. The van der Waals surface area contributed by atoms with Crippen LogP contribution in [0, 0.1) is 0 Å². The maximum Gasteiger partial charge on any atom is 0.278 e. The third-order valence-electron chi connectivity index (χ3n) is 4.41. The van der Waals surface area contributed by atoms with Gasteiger partial charge in [-0.1, -0.05) is 70.2 Å². The molecule has 2 aromatic carbocycles. The molecule has 136 valence electrons. The number of aromatic nitrogens is 3. The number of halogens is 1. The Morgan fingerprint density at radius 3 is 2.70 bits per heavy atom. The maximum absolute atomic E-state index is 13.0. The number of nitrogens with zero attached hydrogens (tertiary/aromatic N) is 2. The maximum atomic E-state index is 13.0. The Balaban J connectivity index is 1.78. The van der Waals surface area contributed by atoms with Crippen LogP contribution in [0.2, 0.25) is 0 Å². The van der Waals surface area contributed by atoms with E-state index in [2.05, 4.69) is 33.0 Å². The highest BCUT2D eigenvalue weighted by Gasteiger charge is 2.16. The Labute approximate surface area is 169 Å². The van der Waals surface area contributed by atoms with Crippen molar-refractivity contribution in [2.45, 2.75) is 24.4 Å². The molecule has 0 radical (unpaired) electrons. The largest absolute Gasteiger partial charge is 0.355 e. The van der Waals surface area contributed by atoms with Crippen LogP contribution in [0.5, 0.6) is 0 Å². The number of fused-ring (bicyclic) bond motifs is 1. The zero-order chi connectivity index (χ0) is 18.8. The highest BCUT2D eigenvalue weighted by Crippen LogP contribution is 2.29. The number of hydrogen-bond acceptors (Lipinski definition) is 3. The Morgan fingerprint density at radius 2 is 1.96 bits per heavy atom. The second kappa shape index (κ2) is 7.74. The lowest BCUT2D eigenvalue weighted by Gasteiger charge is -2.10. The van der Waals surface area contributed by atoms with E-state index in [0.717, 1.165) is 32.0 Å². The van der Waals surface area contributed by atoms with Crippen LogP contribution < -0.4 is 5.56 Å². The Kier molecular flexibility index (Phi) is 5.18. The van der Waals surface area contributed by atoms with Crippen molar-refractivity contribution in [1.82, 2.24) is 14.5 Å². The third kappa shape index (κ3) is 3.59. The summed E-state index contributed by atoms with van der Waals surface area (Å²) in [6.45, 7) is 2.56. The summed E-state index contributed by atoms with van der Waals surface area (Å²) in [5.41, 5.74) is 4.45. The van der Waals surface area contributed by atoms with Gasteiger partial charge < -0.3 is 4.98 Å². The van der Waals surface area contributed by atoms with Gasteiger partial charge >= 0.3 is 0 Å². The molecule has 27 heavy (non-hydrogen) atoms. The van der Waals surface area contributed by atoms with Crippen LogP contribution in [0.15, 0.2) is 75.2 Å². The number of thioether (sulfide) groups is 1. The molecule has 0 saturated carbocycles. The van der Waals surface area contributed by atoms with Gasteiger partial charge in [-0.3, -0.25) is 9.36 Å². The van der Waals surface area contributed by atoms with E-state index in [4.69, 9.17) is 4.98 Å². The Hall–Kier alpha value is -2.31. The summed E-state index contributed by atoms with van der Waals surface area (Å²) in [5, 5.41) is 0.742. The fourth-order valence-electron chi connectivity index (χ4n) is 3.07. The number of nitrogens with one attached hydrogen (secondary N) is 1. The number of rotatable bonds is 5. The summed E-state index contributed by atoms with van der Waals surface area (Å²) in [6.07, 6.45) is 1.87. The first kappa shape index (κ1) is 18.1. The standard InChI is InChI=1S/C21H18BrN3OS/c1-2-25-20(26)19-18(17(12-23-19)15-8-4-3-5-9-15)24-21(25)27-13-14-7-6-10-16(22)11-14/h3-12,23H,2,13H2,1H3. The van der Waals surface area contributed by atoms with Crippen molar-refractivity contribution >= 4 is 38.7 Å². The van der Waals surface area contributed by atoms with Crippen molar-refractivity contribution in [2.24, 2.45) is 0 Å². The second-order valence-corrected chi connectivity index (χ2v) is 8.01. The highest BCUT2D eigenvalue weighted by atomic mass is 79.9. The molecule has 4 rings (SSSR count). The van der Waals surface area contributed by atoms with E-state index in [9.17, 15) is 4.79 Å². The van der Waals surface area contributed by atoms with Gasteiger partial charge in [0.1, 0.15) is 11.0 Å². The first-order valence-electron chi connectivity index (χ1n) is 8.72. The molecule has 0 bridgehead atoms. The first-order valence-corrected chi connectivity index (χ1v) is 10.5. The van der Waals surface area contributed by atoms with E-state index in [1.54, 1.807) is 16.3 Å². The van der Waals surface area contributed by atoms with E-state index in [0.29, 0.717) is 12.1 Å². The van der Waals surface area contributed by atoms with E-state index in [-0.39, 0.29) is 5.56 Å². The third-order valence-corrected chi connectivity index (χ3v) is 5.95. The topological polar surface area (TPSA) is 50.7 Å². The van der Waals surface area contributed by atoms with Crippen LogP contribution in [-0.4, -0.2) is 14.5 Å². The van der Waals surface area contributed by atoms with Crippen molar-refractivity contribution in [3.63, 3.8) is 0 Å². The van der Waals surface area contributed by atoms with Gasteiger partial charge in [-0.15, -0.1) is 0 Å². The lowest BCUT2D eigenvalue weighted by Crippen LogP contribution is -2.22. The van der Waals surface area contributed by atoms with Gasteiger partial charge in [0.25, 0.3) is 5.56 Å². The lowest BCUT2D eigenvalue weighted by molar-refractivity contribution is 0.633. The SMILES string of the molecule is CCn1c(SCc2cccc(Br)c2)nc2c(-c3ccccc3)c[nH]c2c1=O. The van der Waals surface area contributed by atoms with Gasteiger partial charge in [0.2, 0.25) is 0 Å². The number of aromatic amines is 1. The van der Waals surface area contributed by atoms with Crippen LogP contribution in [0.4, 0.5) is 0 Å². The summed E-state index contributed by atoms with van der Waals surface area (Å²) in [6, 6.07) is 18.2. The van der Waals surface area contributed by atoms with E-state index in [1.807, 2.05) is 55.6 Å². The van der Waals surface area contributed by atoms with Gasteiger partial charge in [0, 0.05) is 28.5 Å². The first-order chi connectivity index (χ1) is 13.2. The fraction of sp³-hybridized carbons (Fsp3) is 0.143. The predicted octanol–water partition coefficient (Wildman–Crippen LogP) is 5.47. The van der Waals surface area contributed by atoms with Crippen molar-refractivity contribution < 1.29 is 0 Å². The molecule has 0 unspecified atom stereocenters. The van der Waals surface area contributed by atoms with Crippen LogP contribution in [0.25, 0.3) is 22.2 Å². The molecule has 0 aliphatic heterocycles. The van der Waals surface area contributed by atoms with Crippen LogP contribution in [0.1, 0.15) is 12.5 Å². The fourth-order valence-corrected chi connectivity index (χ4v) is 4.52. The second-order valence-electron chi connectivity index (χ2n) is 6.15. The van der Waals surface area contributed by atoms with Gasteiger partial charge in [-0.2, -0.15) is 0 Å². The quantitative estimate of drug-likeness (QED) is 0.331. The number of benzene rings is 2. The molecule has 6 heteroatoms. The molecular weight excluding hydrogens is 422 g/mol. The Bertz CT molecular complexity index is 1150. The lowest BCUT2D eigenvalue weighted by atomic mass is 10.1. The van der Waals surface area contributed by atoms with E-state index >= 15 is 0 Å². The van der Waals surface area contributed by atoms with Crippen LogP contribution in [-0.2, 0) is 12.3 Å². The molecule has 4 aromatic rings. The summed E-state index contributed by atoms with van der Waals surface area (Å²) >= 11 is 5.09. The minimum atomic E-state index is -0.0265. The van der Waals surface area contributed by atoms with Crippen LogP contribution >= 0.6 is 27.7 Å². The Morgan fingerprint density at radius 1 is 1.15 bits per heavy atom. The molecule has 0 fully saturated rings. The number of hydrogen-bond donors (Lipinski definition) is 1. The monoisotopic (exact) mass is 439 g/mol. The molecule has 0 amide bonds. The molecule has 0 saturated heterocycles. The molecule has 2 heterocycles. The minimum Gasteiger partial charge on any atom is -0.355 e. The average Bonchev–Trinajstić information content (AvgIpc) is 3.11. The predicted molar refractivity (Wildman–Crippen MR) is 115 cm³/mol. The molecule has 4 nitrogen and oxygen atoms in total. The van der Waals surface area contributed by atoms with Crippen molar-refractivity contribution in [1.29, 1.82) is 0 Å². The smallest absolute Gasteiger partial charge is 0.278 e. The molecule has 1 N–H and O–H groups in total. The average molecular weight is 440 g/mol. The molecule has 0 spiro atoms. The summed E-state index contributed by atoms with van der Waals surface area (Å²) in [5.74, 6) is 0.752. The van der Waals surface area contributed by atoms with Crippen molar-refractivity contribution in [2.75, 3.05) is 0 Å². The zero-order valence-electron chi connectivity index (χ0n) is 14.8. The van der Waals surface area contributed by atoms with Gasteiger partial charge in [0.05, 0.1) is 0 Å². The van der Waals surface area contributed by atoms with Gasteiger partial charge in [-0.25, -0.2) is 4.98 Å². The van der Waals surface area contributed by atoms with Gasteiger partial charge in [0.15, 0.2) is 5.16 Å². The summed E-state index contributed by atoms with van der Waals surface area (Å²) in [4.78, 5) is 21.0. The molecule has 0 aliphatic carbocycles. The minimum absolute atomic E-state index is 0.0265.